The average Bonchev–Trinajstić information content (AvgIpc) is 2.52. The molecular weight excluding hydrogens is 360 g/mol. The normalized spacial score (nSPS) is 10.6. The number of carboxylic acids is 1. The lowest BCUT2D eigenvalue weighted by Gasteiger charge is -2.15. The highest BCUT2D eigenvalue weighted by Crippen LogP contribution is 2.29. The first-order valence-electron chi connectivity index (χ1n) is 7.36. The van der Waals surface area contributed by atoms with Gasteiger partial charge in [0.05, 0.1) is 5.56 Å². The van der Waals surface area contributed by atoms with Crippen molar-refractivity contribution in [3.05, 3.63) is 58.1 Å². The van der Waals surface area contributed by atoms with E-state index in [0.29, 0.717) is 24.9 Å². The van der Waals surface area contributed by atoms with E-state index in [1.165, 1.54) is 12.1 Å². The first-order chi connectivity index (χ1) is 11.0. The quantitative estimate of drug-likeness (QED) is 0.707. The third-order valence-electron chi connectivity index (χ3n) is 3.28. The molecule has 2 aromatic rings. The molecule has 0 aliphatic carbocycles. The summed E-state index contributed by atoms with van der Waals surface area (Å²) >= 11 is 3.47. The van der Waals surface area contributed by atoms with Gasteiger partial charge >= 0.3 is 5.97 Å². The van der Waals surface area contributed by atoms with Gasteiger partial charge in [-0.2, -0.15) is 0 Å². The van der Waals surface area contributed by atoms with Gasteiger partial charge in [0.25, 0.3) is 0 Å². The summed E-state index contributed by atoms with van der Waals surface area (Å²) in [6.45, 7) is 4.96. The third-order valence-corrected chi connectivity index (χ3v) is 3.78. The van der Waals surface area contributed by atoms with Gasteiger partial charge in [-0.3, -0.25) is 0 Å². The Morgan fingerprint density at radius 3 is 2.57 bits per heavy atom. The molecule has 0 aromatic heterocycles. The molecule has 0 heterocycles. The number of carbonyl (C=O) groups is 1. The molecule has 23 heavy (non-hydrogen) atoms. The minimum Gasteiger partial charge on any atom is -0.490 e. The monoisotopic (exact) mass is 378 g/mol. The molecule has 0 atom stereocenters. The van der Waals surface area contributed by atoms with Gasteiger partial charge in [-0.05, 0) is 47.9 Å². The van der Waals surface area contributed by atoms with E-state index in [0.717, 1.165) is 15.8 Å². The Hall–Kier alpha value is -2.01. The van der Waals surface area contributed by atoms with Crippen molar-refractivity contribution in [1.82, 2.24) is 0 Å². The Morgan fingerprint density at radius 2 is 1.87 bits per heavy atom. The minimum absolute atomic E-state index is 0.207. The van der Waals surface area contributed by atoms with Gasteiger partial charge < -0.3 is 14.6 Å². The van der Waals surface area contributed by atoms with Crippen LogP contribution in [-0.2, 0) is 0 Å². The van der Waals surface area contributed by atoms with Crippen LogP contribution >= 0.6 is 15.9 Å². The minimum atomic E-state index is -0.969. The summed E-state index contributed by atoms with van der Waals surface area (Å²) in [4.78, 5) is 10.9. The second-order valence-electron chi connectivity index (χ2n) is 5.37. The van der Waals surface area contributed by atoms with Gasteiger partial charge in [0.15, 0.2) is 0 Å². The zero-order valence-corrected chi connectivity index (χ0v) is 14.7. The van der Waals surface area contributed by atoms with E-state index in [1.807, 2.05) is 12.1 Å². The van der Waals surface area contributed by atoms with E-state index in [4.69, 9.17) is 14.6 Å². The molecule has 0 aliphatic rings. The molecule has 0 bridgehead atoms. The number of ether oxygens (including phenoxy) is 2. The first kappa shape index (κ1) is 17.3. The fraction of sp³-hybridized carbons (Fsp3) is 0.278. The van der Waals surface area contributed by atoms with Crippen LogP contribution in [0, 0.1) is 0 Å². The summed E-state index contributed by atoms with van der Waals surface area (Å²) in [5.74, 6) is 0.748. The fourth-order valence-corrected chi connectivity index (χ4v) is 2.51. The molecule has 0 unspecified atom stereocenters. The van der Waals surface area contributed by atoms with Gasteiger partial charge in [-0.15, -0.1) is 0 Å². The Morgan fingerprint density at radius 1 is 1.13 bits per heavy atom. The number of halogens is 1. The van der Waals surface area contributed by atoms with Gasteiger partial charge in [0, 0.05) is 4.47 Å². The molecule has 0 spiro atoms. The van der Waals surface area contributed by atoms with Crippen LogP contribution in [0.3, 0.4) is 0 Å². The zero-order chi connectivity index (χ0) is 16.8. The molecule has 2 aromatic carbocycles. The molecule has 4 nitrogen and oxygen atoms in total. The highest BCUT2D eigenvalue weighted by atomic mass is 79.9. The number of hydrogen-bond donors (Lipinski definition) is 1. The SMILES string of the molecule is CC(C)c1cc(Br)ccc1OCCOc1cccc(C(=O)O)c1. The predicted octanol–water partition coefficient (Wildman–Crippen LogP) is 4.73. The number of hydrogen-bond acceptors (Lipinski definition) is 3. The highest BCUT2D eigenvalue weighted by Gasteiger charge is 2.09. The Bertz CT molecular complexity index is 682. The van der Waals surface area contributed by atoms with E-state index in [2.05, 4.69) is 35.8 Å². The van der Waals surface area contributed by atoms with Crippen LogP contribution in [0.15, 0.2) is 46.9 Å². The number of aromatic carboxylic acids is 1. The van der Waals surface area contributed by atoms with Crippen molar-refractivity contribution in [1.29, 1.82) is 0 Å². The van der Waals surface area contributed by atoms with Gasteiger partial charge in [-0.1, -0.05) is 35.8 Å². The van der Waals surface area contributed by atoms with Gasteiger partial charge in [0.1, 0.15) is 24.7 Å². The molecule has 0 amide bonds. The van der Waals surface area contributed by atoms with E-state index < -0.39 is 5.97 Å². The lowest BCUT2D eigenvalue weighted by molar-refractivity contribution is 0.0696. The summed E-state index contributed by atoms with van der Waals surface area (Å²) < 4.78 is 12.4. The Balaban J connectivity index is 1.91. The Kier molecular flexibility index (Phi) is 6.04. The van der Waals surface area contributed by atoms with Crippen LogP contribution in [0.2, 0.25) is 0 Å². The smallest absolute Gasteiger partial charge is 0.335 e. The summed E-state index contributed by atoms with van der Waals surface area (Å²) in [6.07, 6.45) is 0. The third kappa shape index (κ3) is 4.99. The second kappa shape index (κ2) is 8.02. The fourth-order valence-electron chi connectivity index (χ4n) is 2.13. The summed E-state index contributed by atoms with van der Waals surface area (Å²) in [5, 5.41) is 8.95. The van der Waals surface area contributed by atoms with Crippen molar-refractivity contribution in [2.45, 2.75) is 19.8 Å². The van der Waals surface area contributed by atoms with Crippen LogP contribution in [0.5, 0.6) is 11.5 Å². The summed E-state index contributed by atoms with van der Waals surface area (Å²) in [5.41, 5.74) is 1.34. The van der Waals surface area contributed by atoms with Crippen molar-refractivity contribution < 1.29 is 19.4 Å². The number of rotatable bonds is 7. The zero-order valence-electron chi connectivity index (χ0n) is 13.1. The lowest BCUT2D eigenvalue weighted by Crippen LogP contribution is -2.10. The summed E-state index contributed by atoms with van der Waals surface area (Å²) in [7, 11) is 0. The van der Waals surface area contributed by atoms with E-state index >= 15 is 0 Å². The number of carboxylic acid groups (broad SMARTS) is 1. The molecule has 0 aliphatic heterocycles. The van der Waals surface area contributed by atoms with Crippen LogP contribution in [0.4, 0.5) is 0 Å². The van der Waals surface area contributed by atoms with Crippen molar-refractivity contribution in [3.63, 3.8) is 0 Å². The highest BCUT2D eigenvalue weighted by molar-refractivity contribution is 9.10. The molecule has 2 rings (SSSR count). The van der Waals surface area contributed by atoms with Gasteiger partial charge in [0.2, 0.25) is 0 Å². The lowest BCUT2D eigenvalue weighted by atomic mass is 10.0. The van der Waals surface area contributed by atoms with E-state index in [1.54, 1.807) is 12.1 Å². The van der Waals surface area contributed by atoms with Crippen LogP contribution in [0.1, 0.15) is 35.7 Å². The predicted molar refractivity (Wildman–Crippen MR) is 92.6 cm³/mol. The molecular formula is C18H19BrO4. The largest absolute Gasteiger partial charge is 0.490 e. The van der Waals surface area contributed by atoms with Crippen molar-refractivity contribution in [2.75, 3.05) is 13.2 Å². The second-order valence-corrected chi connectivity index (χ2v) is 6.28. The topological polar surface area (TPSA) is 55.8 Å². The van der Waals surface area contributed by atoms with Crippen LogP contribution in [-0.4, -0.2) is 24.3 Å². The molecule has 122 valence electrons. The molecule has 0 saturated heterocycles. The van der Waals surface area contributed by atoms with Crippen molar-refractivity contribution in [3.8, 4) is 11.5 Å². The summed E-state index contributed by atoms with van der Waals surface area (Å²) in [6, 6.07) is 12.3. The number of benzene rings is 2. The molecule has 0 fully saturated rings. The van der Waals surface area contributed by atoms with E-state index in [9.17, 15) is 4.79 Å². The Labute approximate surface area is 144 Å². The maximum atomic E-state index is 10.9. The van der Waals surface area contributed by atoms with Crippen molar-refractivity contribution in [2.24, 2.45) is 0 Å². The molecule has 1 N–H and O–H groups in total. The van der Waals surface area contributed by atoms with Crippen LogP contribution in [0.25, 0.3) is 0 Å². The standard InChI is InChI=1S/C18H19BrO4/c1-12(2)16-11-14(19)6-7-17(16)23-9-8-22-15-5-3-4-13(10-15)18(20)21/h3-7,10-12H,8-9H2,1-2H3,(H,20,21). The van der Waals surface area contributed by atoms with Crippen LogP contribution < -0.4 is 9.47 Å². The molecule has 5 heteroatoms. The first-order valence-corrected chi connectivity index (χ1v) is 8.15. The van der Waals surface area contributed by atoms with Gasteiger partial charge in [-0.25, -0.2) is 4.79 Å². The average molecular weight is 379 g/mol. The maximum Gasteiger partial charge on any atom is 0.335 e. The van der Waals surface area contributed by atoms with E-state index in [-0.39, 0.29) is 5.56 Å². The molecule has 0 radical (unpaired) electrons. The maximum absolute atomic E-state index is 10.9. The molecule has 0 saturated carbocycles. The van der Waals surface area contributed by atoms with Crippen molar-refractivity contribution >= 4 is 21.9 Å².